The molecule has 0 saturated carbocycles. The van der Waals surface area contributed by atoms with E-state index in [9.17, 15) is 9.59 Å². The third kappa shape index (κ3) is 2.07. The molecule has 1 aliphatic heterocycles. The molecule has 4 nitrogen and oxygen atoms in total. The lowest BCUT2D eigenvalue weighted by Gasteiger charge is -2.07. The molecule has 1 aromatic carbocycles. The van der Waals surface area contributed by atoms with Crippen molar-refractivity contribution in [1.29, 1.82) is 0 Å². The highest BCUT2D eigenvalue weighted by molar-refractivity contribution is 6.40. The van der Waals surface area contributed by atoms with Crippen LogP contribution >= 0.6 is 11.6 Å². The van der Waals surface area contributed by atoms with Gasteiger partial charge in [-0.2, -0.15) is 0 Å². The molecular weight excluding hydrogens is 254 g/mol. The number of aliphatic imine (C=N–C) groups is 1. The zero-order chi connectivity index (χ0) is 13.3. The summed E-state index contributed by atoms with van der Waals surface area (Å²) >= 11 is 6.04. The zero-order valence-corrected chi connectivity index (χ0v) is 10.3. The summed E-state index contributed by atoms with van der Waals surface area (Å²) in [6.45, 7) is 1.60. The number of carbonyl (C=O) groups excluding carboxylic acids is 1. The Kier molecular flexibility index (Phi) is 3.30. The lowest BCUT2D eigenvalue weighted by Crippen LogP contribution is -2.18. The van der Waals surface area contributed by atoms with Crippen LogP contribution in [0.15, 0.2) is 46.6 Å². The van der Waals surface area contributed by atoms with Gasteiger partial charge in [-0.25, -0.2) is 9.79 Å². The standard InChI is InChI=1S/C13H10ClNO3/c1-7-10(14)9(11(15-7)13(17)18)12(16)8-5-3-2-4-6-8/h2-6,10H,1H3,(H,17,18). The van der Waals surface area contributed by atoms with Gasteiger partial charge >= 0.3 is 5.97 Å². The molecule has 0 bridgehead atoms. The molecule has 1 unspecified atom stereocenters. The number of halogens is 1. The lowest BCUT2D eigenvalue weighted by atomic mass is 9.99. The number of allylic oxidation sites excluding steroid dienone is 1. The second-order valence-electron chi connectivity index (χ2n) is 3.88. The molecular formula is C13H10ClNO3. The summed E-state index contributed by atoms with van der Waals surface area (Å²) in [7, 11) is 0. The van der Waals surface area contributed by atoms with Crippen LogP contribution in [-0.2, 0) is 4.79 Å². The van der Waals surface area contributed by atoms with Gasteiger partial charge in [0.1, 0.15) is 5.38 Å². The third-order valence-electron chi connectivity index (χ3n) is 2.65. The Morgan fingerprint density at radius 1 is 1.28 bits per heavy atom. The van der Waals surface area contributed by atoms with Crippen molar-refractivity contribution in [3.05, 3.63) is 47.2 Å². The highest BCUT2D eigenvalue weighted by Crippen LogP contribution is 2.28. The van der Waals surface area contributed by atoms with Gasteiger partial charge in [0.2, 0.25) is 0 Å². The molecule has 0 aliphatic carbocycles. The van der Waals surface area contributed by atoms with E-state index in [-0.39, 0.29) is 11.3 Å². The quantitative estimate of drug-likeness (QED) is 0.672. The Hall–Kier alpha value is -1.94. The van der Waals surface area contributed by atoms with E-state index in [0.29, 0.717) is 11.3 Å². The fourth-order valence-corrected chi connectivity index (χ4v) is 2.00. The van der Waals surface area contributed by atoms with E-state index in [0.717, 1.165) is 0 Å². The molecule has 5 heteroatoms. The van der Waals surface area contributed by atoms with Gasteiger partial charge in [-0.15, -0.1) is 11.6 Å². The number of benzene rings is 1. The van der Waals surface area contributed by atoms with E-state index in [1.165, 1.54) is 0 Å². The van der Waals surface area contributed by atoms with E-state index in [1.54, 1.807) is 37.3 Å². The van der Waals surface area contributed by atoms with Crippen molar-refractivity contribution in [3.63, 3.8) is 0 Å². The lowest BCUT2D eigenvalue weighted by molar-refractivity contribution is -0.132. The number of carboxylic acid groups (broad SMARTS) is 1. The van der Waals surface area contributed by atoms with Gasteiger partial charge in [-0.3, -0.25) is 4.79 Å². The van der Waals surface area contributed by atoms with Crippen LogP contribution in [0.25, 0.3) is 0 Å². The molecule has 1 aliphatic rings. The Bertz CT molecular complexity index is 575. The van der Waals surface area contributed by atoms with Crippen molar-refractivity contribution in [2.75, 3.05) is 0 Å². The number of hydrogen-bond donors (Lipinski definition) is 1. The number of ketones is 1. The summed E-state index contributed by atoms with van der Waals surface area (Å²) in [5, 5.41) is 8.26. The molecule has 0 amide bonds. The van der Waals surface area contributed by atoms with Crippen LogP contribution in [0.1, 0.15) is 17.3 Å². The van der Waals surface area contributed by atoms with E-state index in [1.807, 2.05) is 0 Å². The molecule has 1 atom stereocenters. The van der Waals surface area contributed by atoms with Crippen LogP contribution < -0.4 is 0 Å². The number of alkyl halides is 1. The van der Waals surface area contributed by atoms with Crippen LogP contribution in [0.2, 0.25) is 0 Å². The number of Topliss-reactive ketones (excluding diaryl/α,β-unsaturated/α-hetero) is 1. The highest BCUT2D eigenvalue weighted by Gasteiger charge is 2.34. The summed E-state index contributed by atoms with van der Waals surface area (Å²) in [5.41, 5.74) is 0.601. The summed E-state index contributed by atoms with van der Waals surface area (Å²) in [6, 6.07) is 8.43. The van der Waals surface area contributed by atoms with Crippen molar-refractivity contribution < 1.29 is 14.7 Å². The Morgan fingerprint density at radius 2 is 1.89 bits per heavy atom. The Morgan fingerprint density at radius 3 is 2.44 bits per heavy atom. The van der Waals surface area contributed by atoms with Crippen molar-refractivity contribution in [2.45, 2.75) is 12.3 Å². The first-order chi connectivity index (χ1) is 8.52. The van der Waals surface area contributed by atoms with Gasteiger partial charge in [0.15, 0.2) is 11.5 Å². The molecule has 0 aromatic heterocycles. The first kappa shape index (κ1) is 12.5. The fraction of sp³-hybridized carbons (Fsp3) is 0.154. The topological polar surface area (TPSA) is 66.7 Å². The van der Waals surface area contributed by atoms with Crippen molar-refractivity contribution in [1.82, 2.24) is 0 Å². The number of aliphatic carboxylic acids is 1. The van der Waals surface area contributed by atoms with Crippen LogP contribution in [0, 0.1) is 0 Å². The molecule has 1 N–H and O–H groups in total. The van der Waals surface area contributed by atoms with E-state index in [4.69, 9.17) is 16.7 Å². The molecule has 0 radical (unpaired) electrons. The second-order valence-corrected chi connectivity index (χ2v) is 4.31. The predicted molar refractivity (Wildman–Crippen MR) is 68.2 cm³/mol. The van der Waals surface area contributed by atoms with Crippen LogP contribution in [0.4, 0.5) is 0 Å². The normalized spacial score (nSPS) is 18.8. The minimum absolute atomic E-state index is 0.0351. The maximum Gasteiger partial charge on any atom is 0.354 e. The van der Waals surface area contributed by atoms with Gasteiger partial charge in [-0.05, 0) is 6.92 Å². The summed E-state index contributed by atoms with van der Waals surface area (Å²) in [5.74, 6) is -1.63. The van der Waals surface area contributed by atoms with Crippen LogP contribution in [0.5, 0.6) is 0 Å². The summed E-state index contributed by atoms with van der Waals surface area (Å²) in [4.78, 5) is 27.1. The van der Waals surface area contributed by atoms with E-state index >= 15 is 0 Å². The molecule has 18 heavy (non-hydrogen) atoms. The van der Waals surface area contributed by atoms with E-state index < -0.39 is 17.1 Å². The SMILES string of the molecule is CC1=NC(C(=O)O)=C(C(=O)c2ccccc2)C1Cl. The number of carbonyl (C=O) groups is 2. The molecule has 1 aromatic rings. The number of rotatable bonds is 3. The molecule has 0 fully saturated rings. The largest absolute Gasteiger partial charge is 0.476 e. The van der Waals surface area contributed by atoms with Gasteiger partial charge in [0.05, 0.1) is 5.57 Å². The zero-order valence-electron chi connectivity index (χ0n) is 9.55. The maximum atomic E-state index is 12.2. The van der Waals surface area contributed by atoms with Gasteiger partial charge in [0, 0.05) is 11.3 Å². The average Bonchev–Trinajstić information content (AvgIpc) is 2.66. The Labute approximate surface area is 109 Å². The minimum Gasteiger partial charge on any atom is -0.476 e. The monoisotopic (exact) mass is 263 g/mol. The number of carboxylic acids is 1. The third-order valence-corrected chi connectivity index (χ3v) is 3.18. The van der Waals surface area contributed by atoms with E-state index in [2.05, 4.69) is 4.99 Å². The van der Waals surface area contributed by atoms with Crippen molar-refractivity contribution in [2.24, 2.45) is 4.99 Å². The predicted octanol–water partition coefficient (Wildman–Crippen LogP) is 2.29. The fourth-order valence-electron chi connectivity index (χ4n) is 1.75. The Balaban J connectivity index is 2.47. The molecule has 0 saturated heterocycles. The first-order valence-corrected chi connectivity index (χ1v) is 5.72. The summed E-state index contributed by atoms with van der Waals surface area (Å²) < 4.78 is 0. The number of hydrogen-bond acceptors (Lipinski definition) is 3. The molecule has 92 valence electrons. The highest BCUT2D eigenvalue weighted by atomic mass is 35.5. The average molecular weight is 264 g/mol. The minimum atomic E-state index is -1.24. The molecule has 0 spiro atoms. The van der Waals surface area contributed by atoms with Crippen molar-refractivity contribution >= 4 is 29.1 Å². The van der Waals surface area contributed by atoms with Gasteiger partial charge in [-0.1, -0.05) is 30.3 Å². The smallest absolute Gasteiger partial charge is 0.354 e. The van der Waals surface area contributed by atoms with Crippen LogP contribution in [0.3, 0.4) is 0 Å². The summed E-state index contributed by atoms with van der Waals surface area (Å²) in [6.07, 6.45) is 0. The second kappa shape index (κ2) is 4.74. The van der Waals surface area contributed by atoms with Gasteiger partial charge in [0.25, 0.3) is 0 Å². The number of nitrogens with zero attached hydrogens (tertiary/aromatic N) is 1. The van der Waals surface area contributed by atoms with Gasteiger partial charge < -0.3 is 5.11 Å². The van der Waals surface area contributed by atoms with Crippen molar-refractivity contribution in [3.8, 4) is 0 Å². The van der Waals surface area contributed by atoms with Crippen LogP contribution in [-0.4, -0.2) is 27.9 Å². The molecule has 2 rings (SSSR count). The first-order valence-electron chi connectivity index (χ1n) is 5.29. The molecule has 1 heterocycles. The maximum absolute atomic E-state index is 12.2.